The number of aromatic nitrogens is 2. The number of fused-ring (bicyclic) bond motifs is 1. The molecule has 27 heavy (non-hydrogen) atoms. The van der Waals surface area contributed by atoms with Gasteiger partial charge in [0.2, 0.25) is 5.91 Å². The molecular formula is C20H18ClN3O2S. The van der Waals surface area contributed by atoms with Gasteiger partial charge < -0.3 is 10.4 Å². The van der Waals surface area contributed by atoms with Gasteiger partial charge in [0.15, 0.2) is 0 Å². The average molecular weight is 400 g/mol. The van der Waals surface area contributed by atoms with E-state index in [9.17, 15) is 9.90 Å². The molecule has 2 aromatic carbocycles. The number of carbonyl (C=O) groups excluding carboxylic acids is 1. The van der Waals surface area contributed by atoms with E-state index in [-0.39, 0.29) is 22.2 Å². The summed E-state index contributed by atoms with van der Waals surface area (Å²) in [6.07, 6.45) is 0. The third-order valence-electron chi connectivity index (χ3n) is 4.57. The Labute approximate surface area is 166 Å². The third-order valence-corrected chi connectivity index (χ3v) is 6.21. The van der Waals surface area contributed by atoms with E-state index in [1.165, 1.54) is 0 Å². The van der Waals surface area contributed by atoms with E-state index in [4.69, 9.17) is 11.6 Å². The number of hydrogen-bond donors (Lipinski definition) is 2. The third kappa shape index (κ3) is 3.31. The van der Waals surface area contributed by atoms with Gasteiger partial charge in [0.1, 0.15) is 11.6 Å². The molecule has 0 fully saturated rings. The molecule has 0 bridgehead atoms. The molecule has 0 aliphatic carbocycles. The maximum Gasteiger partial charge on any atom is 0.238 e. The zero-order chi connectivity index (χ0) is 19.1. The summed E-state index contributed by atoms with van der Waals surface area (Å²) in [5, 5.41) is 17.6. The van der Waals surface area contributed by atoms with E-state index in [0.29, 0.717) is 10.8 Å². The minimum atomic E-state index is -0.233. The van der Waals surface area contributed by atoms with Crippen molar-refractivity contribution in [3.63, 3.8) is 0 Å². The number of halogens is 1. The molecule has 0 radical (unpaired) electrons. The van der Waals surface area contributed by atoms with Crippen LogP contribution in [0.15, 0.2) is 48.5 Å². The standard InChI is InChI=1S/C20H18ClN3O2S/c1-11-17-18(13-6-8-16(25)9-7-13)27-12(2)20(26)22-19(17)24(23-11)15-5-3-4-14(21)10-15/h3-10,12,18,25H,1-2H3,(H,22,26). The molecule has 2 heterocycles. The van der Waals surface area contributed by atoms with Crippen LogP contribution in [0.2, 0.25) is 5.02 Å². The fourth-order valence-electron chi connectivity index (χ4n) is 3.21. The van der Waals surface area contributed by atoms with Crippen molar-refractivity contribution in [3.05, 3.63) is 70.4 Å². The highest BCUT2D eigenvalue weighted by atomic mass is 35.5. The Hall–Kier alpha value is -2.44. The van der Waals surface area contributed by atoms with Crippen LogP contribution in [0.1, 0.15) is 29.0 Å². The number of aryl methyl sites for hydroxylation is 1. The Morgan fingerprint density at radius 2 is 1.96 bits per heavy atom. The molecule has 0 saturated heterocycles. The molecule has 1 aromatic heterocycles. The van der Waals surface area contributed by atoms with Gasteiger partial charge in [0.05, 0.1) is 21.9 Å². The fraction of sp³-hybridized carbons (Fsp3) is 0.200. The molecule has 1 amide bonds. The number of anilines is 1. The van der Waals surface area contributed by atoms with Gasteiger partial charge in [-0.2, -0.15) is 5.10 Å². The van der Waals surface area contributed by atoms with Crippen molar-refractivity contribution in [3.8, 4) is 11.4 Å². The van der Waals surface area contributed by atoms with Crippen molar-refractivity contribution in [2.45, 2.75) is 24.3 Å². The topological polar surface area (TPSA) is 67.1 Å². The summed E-state index contributed by atoms with van der Waals surface area (Å²) in [5.41, 5.74) is 3.60. The van der Waals surface area contributed by atoms with Crippen LogP contribution >= 0.6 is 23.4 Å². The number of nitrogens with zero attached hydrogens (tertiary/aromatic N) is 2. The molecule has 1 aliphatic heterocycles. The number of amides is 1. The molecule has 1 aliphatic rings. The lowest BCUT2D eigenvalue weighted by atomic mass is 10.0. The van der Waals surface area contributed by atoms with Crippen molar-refractivity contribution in [2.24, 2.45) is 0 Å². The first-order valence-corrected chi connectivity index (χ1v) is 9.87. The number of thioether (sulfide) groups is 1. The summed E-state index contributed by atoms with van der Waals surface area (Å²) in [5.74, 6) is 0.812. The number of hydrogen-bond acceptors (Lipinski definition) is 4. The summed E-state index contributed by atoms with van der Waals surface area (Å²) < 4.78 is 1.74. The van der Waals surface area contributed by atoms with Crippen LogP contribution in [-0.2, 0) is 4.79 Å². The van der Waals surface area contributed by atoms with Crippen LogP contribution in [0.25, 0.3) is 5.69 Å². The average Bonchev–Trinajstić information content (AvgIpc) is 2.89. The molecular weight excluding hydrogens is 382 g/mol. The number of aromatic hydroxyl groups is 1. The summed E-state index contributed by atoms with van der Waals surface area (Å²) in [6.45, 7) is 3.84. The van der Waals surface area contributed by atoms with Crippen molar-refractivity contribution >= 4 is 35.1 Å². The normalized spacial score (nSPS) is 19.3. The van der Waals surface area contributed by atoms with Gasteiger partial charge in [-0.05, 0) is 49.7 Å². The second-order valence-corrected chi connectivity index (χ2v) is 8.37. The number of carbonyl (C=O) groups is 1. The van der Waals surface area contributed by atoms with E-state index in [0.717, 1.165) is 22.5 Å². The molecule has 138 valence electrons. The maximum atomic E-state index is 12.6. The summed E-state index contributed by atoms with van der Waals surface area (Å²) in [4.78, 5) is 12.6. The molecule has 4 rings (SSSR count). The van der Waals surface area contributed by atoms with Crippen molar-refractivity contribution in [1.29, 1.82) is 0 Å². The zero-order valence-corrected chi connectivity index (χ0v) is 16.4. The lowest BCUT2D eigenvalue weighted by Gasteiger charge is -2.17. The van der Waals surface area contributed by atoms with Gasteiger partial charge in [-0.1, -0.05) is 29.8 Å². The van der Waals surface area contributed by atoms with Gasteiger partial charge in [-0.3, -0.25) is 4.79 Å². The second kappa shape index (κ2) is 6.94. The Bertz CT molecular complexity index is 1020. The fourth-order valence-corrected chi connectivity index (χ4v) is 4.72. The van der Waals surface area contributed by atoms with Crippen LogP contribution in [0, 0.1) is 6.92 Å². The van der Waals surface area contributed by atoms with Gasteiger partial charge in [-0.25, -0.2) is 4.68 Å². The van der Waals surface area contributed by atoms with Crippen LogP contribution in [0.3, 0.4) is 0 Å². The van der Waals surface area contributed by atoms with Gasteiger partial charge in [-0.15, -0.1) is 11.8 Å². The smallest absolute Gasteiger partial charge is 0.238 e. The molecule has 3 aromatic rings. The molecule has 2 unspecified atom stereocenters. The summed E-state index contributed by atoms with van der Waals surface area (Å²) in [6, 6.07) is 14.5. The largest absolute Gasteiger partial charge is 0.508 e. The van der Waals surface area contributed by atoms with E-state index in [1.54, 1.807) is 34.6 Å². The minimum Gasteiger partial charge on any atom is -0.508 e. The van der Waals surface area contributed by atoms with E-state index in [1.807, 2.05) is 44.2 Å². The predicted octanol–water partition coefficient (Wildman–Crippen LogP) is 4.70. The lowest BCUT2D eigenvalue weighted by molar-refractivity contribution is -0.115. The SMILES string of the molecule is Cc1nn(-c2cccc(Cl)c2)c2c1C(c1ccc(O)cc1)SC(C)C(=O)N2. The first-order valence-electron chi connectivity index (χ1n) is 8.55. The minimum absolute atomic E-state index is 0.0642. The van der Waals surface area contributed by atoms with Crippen LogP contribution in [0.4, 0.5) is 5.82 Å². The molecule has 2 atom stereocenters. The number of rotatable bonds is 2. The molecule has 5 nitrogen and oxygen atoms in total. The van der Waals surface area contributed by atoms with E-state index < -0.39 is 0 Å². The maximum absolute atomic E-state index is 12.6. The summed E-state index contributed by atoms with van der Waals surface area (Å²) >= 11 is 7.72. The number of phenolic OH excluding ortho intramolecular Hbond substituents is 1. The van der Waals surface area contributed by atoms with Crippen molar-refractivity contribution in [2.75, 3.05) is 5.32 Å². The quantitative estimate of drug-likeness (QED) is 0.655. The van der Waals surface area contributed by atoms with Crippen LogP contribution < -0.4 is 5.32 Å². The number of nitrogens with one attached hydrogen (secondary N) is 1. The Morgan fingerprint density at radius 3 is 2.67 bits per heavy atom. The first kappa shape index (κ1) is 17.9. The molecule has 2 N–H and O–H groups in total. The van der Waals surface area contributed by atoms with Gasteiger partial charge in [0.25, 0.3) is 0 Å². The number of benzene rings is 2. The molecule has 7 heteroatoms. The first-order chi connectivity index (χ1) is 12.9. The second-order valence-electron chi connectivity index (χ2n) is 6.48. The summed E-state index contributed by atoms with van der Waals surface area (Å²) in [7, 11) is 0. The monoisotopic (exact) mass is 399 g/mol. The lowest BCUT2D eigenvalue weighted by Crippen LogP contribution is -2.22. The zero-order valence-electron chi connectivity index (χ0n) is 14.8. The van der Waals surface area contributed by atoms with Crippen molar-refractivity contribution < 1.29 is 9.90 Å². The molecule has 0 spiro atoms. The Balaban J connectivity index is 1.91. The highest BCUT2D eigenvalue weighted by Crippen LogP contribution is 2.46. The van der Waals surface area contributed by atoms with E-state index in [2.05, 4.69) is 10.4 Å². The predicted molar refractivity (Wildman–Crippen MR) is 109 cm³/mol. The Morgan fingerprint density at radius 1 is 1.22 bits per heavy atom. The highest BCUT2D eigenvalue weighted by Gasteiger charge is 2.34. The number of phenols is 1. The van der Waals surface area contributed by atoms with Crippen molar-refractivity contribution in [1.82, 2.24) is 9.78 Å². The molecule has 0 saturated carbocycles. The highest BCUT2D eigenvalue weighted by molar-refractivity contribution is 8.01. The Kier molecular flexibility index (Phi) is 4.61. The van der Waals surface area contributed by atoms with E-state index >= 15 is 0 Å². The van der Waals surface area contributed by atoms with Gasteiger partial charge >= 0.3 is 0 Å². The van der Waals surface area contributed by atoms with Gasteiger partial charge in [0, 0.05) is 10.6 Å². The van der Waals surface area contributed by atoms with Crippen LogP contribution in [0.5, 0.6) is 5.75 Å². The van der Waals surface area contributed by atoms with Crippen LogP contribution in [-0.4, -0.2) is 26.0 Å².